The highest BCUT2D eigenvalue weighted by atomic mass is 15.1. The molecule has 0 radical (unpaired) electrons. The topological polar surface area (TPSA) is 55.3 Å². The van der Waals surface area contributed by atoms with Crippen LogP contribution < -0.4 is 11.5 Å². The molecule has 0 rings (SSSR count). The molecule has 0 spiro atoms. The quantitative estimate of drug-likeness (QED) is 0.669. The van der Waals surface area contributed by atoms with Gasteiger partial charge in [0, 0.05) is 30.2 Å². The van der Waals surface area contributed by atoms with Crippen molar-refractivity contribution in [2.24, 2.45) is 11.5 Å². The van der Waals surface area contributed by atoms with Crippen molar-refractivity contribution >= 4 is 0 Å². The molecule has 0 fully saturated rings. The maximum Gasteiger partial charge on any atom is 0.0331 e. The van der Waals surface area contributed by atoms with Crippen molar-refractivity contribution in [3.05, 3.63) is 35.3 Å². The van der Waals surface area contributed by atoms with E-state index in [2.05, 4.69) is 31.7 Å². The van der Waals surface area contributed by atoms with Crippen LogP contribution in [0.1, 0.15) is 40.5 Å². The zero-order valence-corrected chi connectivity index (χ0v) is 11.7. The van der Waals surface area contributed by atoms with E-state index in [1.165, 1.54) is 5.70 Å². The molecule has 0 atom stereocenters. The summed E-state index contributed by atoms with van der Waals surface area (Å²) in [5.41, 5.74) is 14.0. The summed E-state index contributed by atoms with van der Waals surface area (Å²) in [7, 11) is 0. The number of hydrogen-bond acceptors (Lipinski definition) is 3. The van der Waals surface area contributed by atoms with Crippen molar-refractivity contribution in [2.45, 2.75) is 40.5 Å². The molecule has 4 N–H and O–H groups in total. The number of nitrogens with two attached hydrogens (primary N) is 2. The van der Waals surface area contributed by atoms with Crippen LogP contribution in [0.25, 0.3) is 0 Å². The summed E-state index contributed by atoms with van der Waals surface area (Å²) in [6, 6.07) is 0. The van der Waals surface area contributed by atoms with Crippen LogP contribution in [0.3, 0.4) is 0 Å². The van der Waals surface area contributed by atoms with Crippen molar-refractivity contribution in [3.63, 3.8) is 0 Å². The van der Waals surface area contributed by atoms with E-state index < -0.39 is 0 Å². The first-order valence-corrected chi connectivity index (χ1v) is 6.34. The maximum atomic E-state index is 5.81. The molecule has 0 bridgehead atoms. The van der Waals surface area contributed by atoms with E-state index in [0.29, 0.717) is 5.70 Å². The van der Waals surface area contributed by atoms with Crippen molar-refractivity contribution in [2.75, 3.05) is 13.1 Å². The monoisotopic (exact) mass is 237 g/mol. The fourth-order valence-electron chi connectivity index (χ4n) is 1.64. The van der Waals surface area contributed by atoms with E-state index in [-0.39, 0.29) is 0 Å². The molecule has 17 heavy (non-hydrogen) atoms. The van der Waals surface area contributed by atoms with Gasteiger partial charge in [0.25, 0.3) is 0 Å². The third kappa shape index (κ3) is 7.50. The van der Waals surface area contributed by atoms with Gasteiger partial charge in [-0.15, -0.1) is 0 Å². The van der Waals surface area contributed by atoms with E-state index in [4.69, 9.17) is 11.5 Å². The van der Waals surface area contributed by atoms with Gasteiger partial charge in [0.15, 0.2) is 0 Å². The molecule has 0 aliphatic rings. The third-order valence-electron chi connectivity index (χ3n) is 2.40. The van der Waals surface area contributed by atoms with Gasteiger partial charge in [-0.05, 0) is 44.9 Å². The van der Waals surface area contributed by atoms with E-state index in [1.54, 1.807) is 6.08 Å². The first-order valence-electron chi connectivity index (χ1n) is 6.34. The summed E-state index contributed by atoms with van der Waals surface area (Å²) in [5, 5.41) is 0. The third-order valence-corrected chi connectivity index (χ3v) is 2.40. The lowest BCUT2D eigenvalue weighted by Gasteiger charge is -2.24. The Kier molecular flexibility index (Phi) is 8.03. The molecule has 3 nitrogen and oxygen atoms in total. The van der Waals surface area contributed by atoms with Crippen LogP contribution in [0.15, 0.2) is 35.3 Å². The van der Waals surface area contributed by atoms with Gasteiger partial charge >= 0.3 is 0 Å². The average molecular weight is 237 g/mol. The van der Waals surface area contributed by atoms with Crippen LogP contribution in [-0.4, -0.2) is 18.0 Å². The largest absolute Gasteiger partial charge is 0.402 e. The van der Waals surface area contributed by atoms with E-state index in [1.807, 2.05) is 13.0 Å². The summed E-state index contributed by atoms with van der Waals surface area (Å²) in [6.07, 6.45) is 8.05. The number of nitrogens with zero attached hydrogens (tertiary/aromatic N) is 1. The fraction of sp³-hybridized carbons (Fsp3) is 0.571. The molecule has 98 valence electrons. The van der Waals surface area contributed by atoms with Gasteiger partial charge in [-0.25, -0.2) is 0 Å². The Bertz CT molecular complexity index is 291. The van der Waals surface area contributed by atoms with Crippen molar-refractivity contribution in [1.29, 1.82) is 0 Å². The highest BCUT2D eigenvalue weighted by Crippen LogP contribution is 2.06. The zero-order chi connectivity index (χ0) is 13.3. The molecule has 0 aliphatic heterocycles. The Balaban J connectivity index is 4.63. The van der Waals surface area contributed by atoms with E-state index in [9.17, 15) is 0 Å². The lowest BCUT2D eigenvalue weighted by molar-refractivity contribution is 0.345. The second kappa shape index (κ2) is 8.74. The lowest BCUT2D eigenvalue weighted by atomic mass is 10.2. The van der Waals surface area contributed by atoms with Gasteiger partial charge in [-0.1, -0.05) is 13.8 Å². The predicted molar refractivity (Wildman–Crippen MR) is 76.1 cm³/mol. The molecule has 0 aromatic rings. The Morgan fingerprint density at radius 2 is 1.53 bits per heavy atom. The molecule has 0 saturated carbocycles. The van der Waals surface area contributed by atoms with E-state index in [0.717, 1.165) is 31.6 Å². The maximum absolute atomic E-state index is 5.81. The summed E-state index contributed by atoms with van der Waals surface area (Å²) < 4.78 is 0. The predicted octanol–water partition coefficient (Wildman–Crippen LogP) is 2.72. The molecule has 0 heterocycles. The van der Waals surface area contributed by atoms with Crippen LogP contribution in [0, 0.1) is 0 Å². The molecule has 0 saturated heterocycles. The van der Waals surface area contributed by atoms with Crippen LogP contribution in [0.4, 0.5) is 0 Å². The highest BCUT2D eigenvalue weighted by molar-refractivity contribution is 5.24. The summed E-state index contributed by atoms with van der Waals surface area (Å²) in [5.74, 6) is 0. The van der Waals surface area contributed by atoms with Crippen LogP contribution in [0.2, 0.25) is 0 Å². The summed E-state index contributed by atoms with van der Waals surface area (Å²) >= 11 is 0. The molecule has 0 amide bonds. The smallest absolute Gasteiger partial charge is 0.0331 e. The Morgan fingerprint density at radius 1 is 1.00 bits per heavy atom. The fourth-order valence-corrected chi connectivity index (χ4v) is 1.64. The molecule has 0 aromatic carbocycles. The highest BCUT2D eigenvalue weighted by Gasteiger charge is 2.01. The standard InChI is InChI=1S/C14H27N3/c1-5-9-17(10-6-2)13(4)7-8-14(16)11-12(3)15/h7-8,11H,5-6,9-10,15-16H2,1-4H3/b12-11+,13-7+,14-8+. The SMILES string of the molecule is CCCN(CCC)/C(C)=C/C=C(N)\C=C(/C)N. The molecule has 0 aliphatic carbocycles. The number of allylic oxidation sites excluding steroid dienone is 5. The summed E-state index contributed by atoms with van der Waals surface area (Å²) in [4.78, 5) is 2.38. The molecule has 0 aromatic heterocycles. The molecule has 3 heteroatoms. The summed E-state index contributed by atoms with van der Waals surface area (Å²) in [6.45, 7) is 10.5. The van der Waals surface area contributed by atoms with Crippen LogP contribution >= 0.6 is 0 Å². The van der Waals surface area contributed by atoms with Gasteiger partial charge in [-0.2, -0.15) is 0 Å². The average Bonchev–Trinajstić information content (AvgIpc) is 2.24. The van der Waals surface area contributed by atoms with Gasteiger partial charge in [0.05, 0.1) is 0 Å². The minimum absolute atomic E-state index is 0.692. The molecular weight excluding hydrogens is 210 g/mol. The molecule has 0 unspecified atom stereocenters. The first kappa shape index (κ1) is 15.6. The van der Waals surface area contributed by atoms with Gasteiger partial charge < -0.3 is 16.4 Å². The molecular formula is C14H27N3. The number of rotatable bonds is 7. The minimum atomic E-state index is 0.692. The van der Waals surface area contributed by atoms with Gasteiger partial charge in [0.2, 0.25) is 0 Å². The zero-order valence-electron chi connectivity index (χ0n) is 11.7. The van der Waals surface area contributed by atoms with Crippen LogP contribution in [0.5, 0.6) is 0 Å². The van der Waals surface area contributed by atoms with Gasteiger partial charge in [-0.3, -0.25) is 0 Å². The lowest BCUT2D eigenvalue weighted by Crippen LogP contribution is -2.23. The van der Waals surface area contributed by atoms with E-state index >= 15 is 0 Å². The normalized spacial score (nSPS) is 14.0. The second-order valence-electron chi connectivity index (χ2n) is 4.35. The van der Waals surface area contributed by atoms with Crippen LogP contribution in [-0.2, 0) is 0 Å². The number of hydrogen-bond donors (Lipinski definition) is 2. The Morgan fingerprint density at radius 3 is 1.94 bits per heavy atom. The second-order valence-corrected chi connectivity index (χ2v) is 4.35. The Hall–Kier alpha value is -1.38. The van der Waals surface area contributed by atoms with Gasteiger partial charge in [0.1, 0.15) is 0 Å². The van der Waals surface area contributed by atoms with Crippen molar-refractivity contribution < 1.29 is 0 Å². The minimum Gasteiger partial charge on any atom is -0.402 e. The van der Waals surface area contributed by atoms with Crippen molar-refractivity contribution in [3.8, 4) is 0 Å². The Labute approximate surface area is 106 Å². The first-order chi connectivity index (χ1) is 8.01. The van der Waals surface area contributed by atoms with Crippen molar-refractivity contribution in [1.82, 2.24) is 4.90 Å².